The topological polar surface area (TPSA) is 94.6 Å². The van der Waals surface area contributed by atoms with Gasteiger partial charge in [0.2, 0.25) is 9.70 Å². The third kappa shape index (κ3) is 8.11. The van der Waals surface area contributed by atoms with Crippen LogP contribution in [0.1, 0.15) is 45.2 Å². The summed E-state index contributed by atoms with van der Waals surface area (Å²) in [6.07, 6.45) is -0.529. The second-order valence-electron chi connectivity index (χ2n) is 11.5. The molecule has 1 fully saturated rings. The Kier molecular flexibility index (Phi) is 11.6. The van der Waals surface area contributed by atoms with Crippen LogP contribution in [0.5, 0.6) is 11.5 Å². The fraction of sp³-hybridized carbons (Fsp3) is 0.469. The Bertz CT molecular complexity index is 1480. The molecule has 0 saturated carbocycles. The van der Waals surface area contributed by atoms with E-state index in [0.717, 1.165) is 11.1 Å². The fourth-order valence-corrected chi connectivity index (χ4v) is 6.21. The van der Waals surface area contributed by atoms with Crippen molar-refractivity contribution in [1.29, 1.82) is 0 Å². The molecule has 2 bridgehead atoms. The fourth-order valence-electron chi connectivity index (χ4n) is 5.39. The summed E-state index contributed by atoms with van der Waals surface area (Å²) in [5.41, 5.74) is 1.12. The summed E-state index contributed by atoms with van der Waals surface area (Å²) in [6, 6.07) is 9.36. The van der Waals surface area contributed by atoms with Crippen molar-refractivity contribution in [3.8, 4) is 11.5 Å². The zero-order chi connectivity index (χ0) is 34.0. The van der Waals surface area contributed by atoms with Gasteiger partial charge in [0, 0.05) is 20.0 Å². The van der Waals surface area contributed by atoms with Gasteiger partial charge in [0.25, 0.3) is 0 Å². The molecule has 2 aromatic rings. The molecule has 4 rings (SSSR count). The van der Waals surface area contributed by atoms with Gasteiger partial charge in [0.1, 0.15) is 19.0 Å². The molecule has 2 aliphatic rings. The first-order valence-electron chi connectivity index (χ1n) is 14.6. The molecule has 2 amide bonds. The van der Waals surface area contributed by atoms with Crippen molar-refractivity contribution in [1.82, 2.24) is 9.80 Å². The first-order valence-corrected chi connectivity index (χ1v) is 16.5. The molecule has 0 N–H and O–H groups in total. The summed E-state index contributed by atoms with van der Waals surface area (Å²) in [5, 5.41) is 0.842. The molecule has 2 unspecified atom stereocenters. The van der Waals surface area contributed by atoms with E-state index in [4.69, 9.17) is 77.0 Å². The number of carbonyl (C=O) groups is 3. The van der Waals surface area contributed by atoms with Gasteiger partial charge in [-0.2, -0.15) is 0 Å². The highest BCUT2D eigenvalue weighted by Gasteiger charge is 2.51. The van der Waals surface area contributed by atoms with Crippen molar-refractivity contribution in [2.45, 2.75) is 62.5 Å². The van der Waals surface area contributed by atoms with E-state index in [-0.39, 0.29) is 50.8 Å². The molecule has 0 radical (unpaired) electrons. The standard InChI is InChI=1S/C32H35Cl5N2O7/c1-6-43-29(41)27-23(20-7-9-22(10-8-20)44-11-12-45-28-24(33)13-18(2)14-25(28)34)15-21-16-38(19(3)40)17-26(27)39(21)30(42)46-31(4,5)32(35,36)37/h7-10,13-14,21,26H,6,11-12,15-17H2,1-5H3. The van der Waals surface area contributed by atoms with E-state index < -0.39 is 33.5 Å². The number of alkyl halides is 3. The van der Waals surface area contributed by atoms with E-state index in [1.54, 1.807) is 36.1 Å². The molecule has 0 aliphatic carbocycles. The predicted molar refractivity (Wildman–Crippen MR) is 179 cm³/mol. The van der Waals surface area contributed by atoms with Gasteiger partial charge >= 0.3 is 12.1 Å². The Labute approximate surface area is 293 Å². The minimum atomic E-state index is -1.92. The molecule has 250 valence electrons. The van der Waals surface area contributed by atoms with Crippen LogP contribution in [-0.2, 0) is 19.1 Å². The number of ether oxygens (including phenoxy) is 4. The third-order valence-corrected chi connectivity index (χ3v) is 9.70. The Balaban J connectivity index is 1.59. The maximum absolute atomic E-state index is 13.6. The quantitative estimate of drug-likeness (QED) is 0.148. The highest BCUT2D eigenvalue weighted by molar-refractivity contribution is 6.68. The smallest absolute Gasteiger partial charge is 0.411 e. The van der Waals surface area contributed by atoms with Crippen molar-refractivity contribution in [3.05, 3.63) is 63.1 Å². The highest BCUT2D eigenvalue weighted by atomic mass is 35.6. The van der Waals surface area contributed by atoms with Crippen LogP contribution in [0.2, 0.25) is 10.0 Å². The van der Waals surface area contributed by atoms with E-state index >= 15 is 0 Å². The van der Waals surface area contributed by atoms with Gasteiger partial charge in [-0.15, -0.1) is 0 Å². The first-order chi connectivity index (χ1) is 21.5. The van der Waals surface area contributed by atoms with Crippen LogP contribution in [0.15, 0.2) is 42.0 Å². The summed E-state index contributed by atoms with van der Waals surface area (Å²) >= 11 is 30.8. The normalized spacial score (nSPS) is 18.3. The zero-order valence-electron chi connectivity index (χ0n) is 26.0. The number of rotatable bonds is 9. The Hall–Kier alpha value is -2.56. The molecule has 0 aromatic heterocycles. The van der Waals surface area contributed by atoms with Gasteiger partial charge in [-0.3, -0.25) is 9.69 Å². The SMILES string of the molecule is CCOC(=O)C1=C(c2ccc(OCCOc3c(Cl)cc(C)cc3Cl)cc2)CC2CN(C(C)=O)CC1N2C(=O)OC(C)(C)C(Cl)(Cl)Cl. The number of fused-ring (bicyclic) bond motifs is 2. The lowest BCUT2D eigenvalue weighted by Crippen LogP contribution is -2.65. The maximum atomic E-state index is 13.6. The first kappa shape index (κ1) is 36.3. The maximum Gasteiger partial charge on any atom is 0.411 e. The van der Waals surface area contributed by atoms with Crippen LogP contribution in [0.3, 0.4) is 0 Å². The van der Waals surface area contributed by atoms with Gasteiger partial charge in [-0.05, 0) is 75.1 Å². The second-order valence-corrected chi connectivity index (χ2v) is 14.6. The van der Waals surface area contributed by atoms with Gasteiger partial charge in [0.05, 0.1) is 34.3 Å². The molecule has 0 spiro atoms. The molecule has 46 heavy (non-hydrogen) atoms. The number of hydrogen-bond donors (Lipinski definition) is 0. The van der Waals surface area contributed by atoms with Crippen LogP contribution in [0.4, 0.5) is 4.79 Å². The van der Waals surface area contributed by atoms with E-state index in [1.165, 1.54) is 25.7 Å². The van der Waals surface area contributed by atoms with Crippen molar-refractivity contribution < 1.29 is 33.3 Å². The summed E-state index contributed by atoms with van der Waals surface area (Å²) in [7, 11) is 0. The lowest BCUT2D eigenvalue weighted by molar-refractivity contribution is -0.142. The Morgan fingerprint density at radius 2 is 1.57 bits per heavy atom. The number of piperazine rings is 1. The van der Waals surface area contributed by atoms with Crippen molar-refractivity contribution in [3.63, 3.8) is 0 Å². The van der Waals surface area contributed by atoms with E-state index in [0.29, 0.717) is 27.1 Å². The molecule has 1 saturated heterocycles. The number of nitrogens with zero attached hydrogens (tertiary/aromatic N) is 2. The number of halogens is 5. The average molecular weight is 737 g/mol. The lowest BCUT2D eigenvalue weighted by atomic mass is 9.82. The number of amides is 2. The largest absolute Gasteiger partial charge is 0.490 e. The molecule has 2 aliphatic heterocycles. The van der Waals surface area contributed by atoms with Crippen molar-refractivity contribution in [2.24, 2.45) is 0 Å². The highest BCUT2D eigenvalue weighted by Crippen LogP contribution is 2.43. The van der Waals surface area contributed by atoms with Crippen molar-refractivity contribution in [2.75, 3.05) is 32.9 Å². The number of aryl methyl sites for hydroxylation is 1. The van der Waals surface area contributed by atoms with Gasteiger partial charge in [0.15, 0.2) is 11.4 Å². The van der Waals surface area contributed by atoms with E-state index in [1.807, 2.05) is 19.1 Å². The summed E-state index contributed by atoms with van der Waals surface area (Å²) < 4.78 is 20.8. The van der Waals surface area contributed by atoms with Crippen molar-refractivity contribution >= 4 is 81.5 Å². The molecule has 2 aromatic carbocycles. The minimum absolute atomic E-state index is 0.0585. The van der Waals surface area contributed by atoms with Gasteiger partial charge < -0.3 is 23.8 Å². The van der Waals surface area contributed by atoms with Gasteiger partial charge in [-0.25, -0.2) is 9.59 Å². The number of hydrogen-bond acceptors (Lipinski definition) is 7. The van der Waals surface area contributed by atoms with Crippen LogP contribution >= 0.6 is 58.0 Å². The third-order valence-electron chi connectivity index (χ3n) is 7.77. The zero-order valence-corrected chi connectivity index (χ0v) is 29.8. The number of esters is 1. The monoisotopic (exact) mass is 734 g/mol. The molecule has 14 heteroatoms. The summed E-state index contributed by atoms with van der Waals surface area (Å²) in [6.45, 7) is 8.82. The minimum Gasteiger partial charge on any atom is -0.490 e. The average Bonchev–Trinajstić information content (AvgIpc) is 2.94. The second kappa shape index (κ2) is 14.7. The van der Waals surface area contributed by atoms with Crippen LogP contribution in [0, 0.1) is 6.92 Å². The molecule has 9 nitrogen and oxygen atoms in total. The number of benzene rings is 2. The molecular formula is C32H35Cl5N2O7. The lowest BCUT2D eigenvalue weighted by Gasteiger charge is -2.50. The van der Waals surface area contributed by atoms with E-state index in [9.17, 15) is 14.4 Å². The number of carbonyl (C=O) groups excluding carboxylic acids is 3. The molecular weight excluding hydrogens is 702 g/mol. The summed E-state index contributed by atoms with van der Waals surface area (Å²) in [4.78, 5) is 42.7. The van der Waals surface area contributed by atoms with Crippen LogP contribution in [-0.4, -0.2) is 82.2 Å². The van der Waals surface area contributed by atoms with Gasteiger partial charge in [-0.1, -0.05) is 70.1 Å². The molecule has 2 heterocycles. The summed E-state index contributed by atoms with van der Waals surface area (Å²) in [5.74, 6) is 0.181. The van der Waals surface area contributed by atoms with Crippen LogP contribution < -0.4 is 9.47 Å². The molecule has 2 atom stereocenters. The van der Waals surface area contributed by atoms with E-state index in [2.05, 4.69) is 0 Å². The Morgan fingerprint density at radius 3 is 2.13 bits per heavy atom. The predicted octanol–water partition coefficient (Wildman–Crippen LogP) is 7.67. The van der Waals surface area contributed by atoms with Crippen LogP contribution in [0.25, 0.3) is 5.57 Å². The Morgan fingerprint density at radius 1 is 0.957 bits per heavy atom.